The van der Waals surface area contributed by atoms with Crippen LogP contribution in [0.25, 0.3) is 0 Å². The van der Waals surface area contributed by atoms with Crippen LogP contribution in [0, 0.1) is 0 Å². The topological polar surface area (TPSA) is 46.9 Å². The summed E-state index contributed by atoms with van der Waals surface area (Å²) in [6.45, 7) is 3.43. The lowest BCUT2D eigenvalue weighted by atomic mass is 10.3. The van der Waals surface area contributed by atoms with Gasteiger partial charge in [-0.3, -0.25) is 4.79 Å². The van der Waals surface area contributed by atoms with Crippen LogP contribution in [0.2, 0.25) is 0 Å². The fraction of sp³-hybridized carbons (Fsp3) is 0.385. The predicted molar refractivity (Wildman–Crippen MR) is 90.7 cm³/mol. The Bertz CT molecular complexity index is 639. The summed E-state index contributed by atoms with van der Waals surface area (Å²) in [5.74, 6) is 0. The average molecular weight is 421 g/mol. The van der Waals surface area contributed by atoms with Gasteiger partial charge < -0.3 is 5.32 Å². The molecule has 0 aromatic carbocycles. The quantitative estimate of drug-likeness (QED) is 0.770. The van der Waals surface area contributed by atoms with E-state index in [9.17, 15) is 4.79 Å². The van der Waals surface area contributed by atoms with Crippen LogP contribution in [-0.2, 0) is 13.0 Å². The Morgan fingerprint density at radius 3 is 2.85 bits per heavy atom. The Kier molecular flexibility index (Phi) is 5.80. The van der Waals surface area contributed by atoms with Gasteiger partial charge in [-0.2, -0.15) is 5.10 Å². The first-order chi connectivity index (χ1) is 9.61. The standard InChI is InChI=1S/C13H15Br2N3OS/c1-2-7-18-13(19)12(15)10(8-17-18)16-6-5-9-3-4-11(14)20-9/h3-4,8,16H,2,5-7H2,1H3. The van der Waals surface area contributed by atoms with Gasteiger partial charge in [-0.05, 0) is 56.8 Å². The molecule has 0 aliphatic rings. The minimum atomic E-state index is -0.0873. The summed E-state index contributed by atoms with van der Waals surface area (Å²) in [5, 5.41) is 7.41. The van der Waals surface area contributed by atoms with Crippen molar-refractivity contribution in [1.29, 1.82) is 0 Å². The zero-order chi connectivity index (χ0) is 14.5. The van der Waals surface area contributed by atoms with Crippen LogP contribution in [0.4, 0.5) is 5.69 Å². The molecule has 0 radical (unpaired) electrons. The van der Waals surface area contributed by atoms with Crippen LogP contribution in [0.3, 0.4) is 0 Å². The number of halogens is 2. The monoisotopic (exact) mass is 419 g/mol. The highest BCUT2D eigenvalue weighted by Crippen LogP contribution is 2.23. The second kappa shape index (κ2) is 7.38. The van der Waals surface area contributed by atoms with Gasteiger partial charge in [0.2, 0.25) is 0 Å². The zero-order valence-electron chi connectivity index (χ0n) is 11.0. The first kappa shape index (κ1) is 15.7. The Hall–Kier alpha value is -0.660. The molecule has 0 aliphatic carbocycles. The van der Waals surface area contributed by atoms with Gasteiger partial charge >= 0.3 is 0 Å². The van der Waals surface area contributed by atoms with Crippen molar-refractivity contribution in [2.75, 3.05) is 11.9 Å². The number of nitrogens with one attached hydrogen (secondary N) is 1. The SMILES string of the molecule is CCCn1ncc(NCCc2ccc(Br)s2)c(Br)c1=O. The molecular formula is C13H15Br2N3OS. The average Bonchev–Trinajstić information content (AvgIpc) is 2.84. The normalized spacial score (nSPS) is 10.8. The van der Waals surface area contributed by atoms with Crippen molar-refractivity contribution in [3.05, 3.63) is 41.8 Å². The van der Waals surface area contributed by atoms with Crippen LogP contribution in [0.1, 0.15) is 18.2 Å². The molecule has 2 rings (SSSR count). The van der Waals surface area contributed by atoms with E-state index in [0.29, 0.717) is 11.0 Å². The van der Waals surface area contributed by atoms with Crippen molar-refractivity contribution >= 4 is 48.9 Å². The van der Waals surface area contributed by atoms with E-state index in [1.165, 1.54) is 9.56 Å². The van der Waals surface area contributed by atoms with E-state index in [1.807, 2.05) is 13.0 Å². The molecule has 0 saturated heterocycles. The van der Waals surface area contributed by atoms with Crippen molar-refractivity contribution in [3.63, 3.8) is 0 Å². The molecule has 2 heterocycles. The Balaban J connectivity index is 1.99. The van der Waals surface area contributed by atoms with Gasteiger partial charge in [0.1, 0.15) is 4.47 Å². The molecule has 2 aromatic heterocycles. The molecule has 0 amide bonds. The first-order valence-corrected chi connectivity index (χ1v) is 8.75. The second-order valence-electron chi connectivity index (χ2n) is 4.28. The predicted octanol–water partition coefficient (Wildman–Crippen LogP) is 3.89. The van der Waals surface area contributed by atoms with E-state index < -0.39 is 0 Å². The van der Waals surface area contributed by atoms with Crippen molar-refractivity contribution in [3.8, 4) is 0 Å². The Morgan fingerprint density at radius 1 is 1.40 bits per heavy atom. The van der Waals surface area contributed by atoms with Gasteiger partial charge in [-0.15, -0.1) is 11.3 Å². The van der Waals surface area contributed by atoms with E-state index in [-0.39, 0.29) is 5.56 Å². The second-order valence-corrected chi connectivity index (χ2v) is 7.62. The lowest BCUT2D eigenvalue weighted by Gasteiger charge is -2.09. The molecule has 1 N–H and O–H groups in total. The van der Waals surface area contributed by atoms with Crippen LogP contribution < -0.4 is 10.9 Å². The summed E-state index contributed by atoms with van der Waals surface area (Å²) in [6.07, 6.45) is 3.51. The molecular weight excluding hydrogens is 406 g/mol. The Morgan fingerprint density at radius 2 is 2.20 bits per heavy atom. The van der Waals surface area contributed by atoms with Crippen molar-refractivity contribution in [2.24, 2.45) is 0 Å². The number of anilines is 1. The van der Waals surface area contributed by atoms with Crippen molar-refractivity contribution < 1.29 is 0 Å². The van der Waals surface area contributed by atoms with Gasteiger partial charge in [-0.25, -0.2) is 4.68 Å². The minimum Gasteiger partial charge on any atom is -0.382 e. The maximum Gasteiger partial charge on any atom is 0.283 e. The maximum absolute atomic E-state index is 12.0. The van der Waals surface area contributed by atoms with E-state index in [0.717, 1.165) is 28.9 Å². The highest BCUT2D eigenvalue weighted by Gasteiger charge is 2.08. The highest BCUT2D eigenvalue weighted by molar-refractivity contribution is 9.11. The molecule has 2 aromatic rings. The molecule has 0 bridgehead atoms. The number of rotatable bonds is 6. The zero-order valence-corrected chi connectivity index (χ0v) is 15.0. The smallest absolute Gasteiger partial charge is 0.283 e. The molecule has 108 valence electrons. The third kappa shape index (κ3) is 3.93. The summed E-state index contributed by atoms with van der Waals surface area (Å²) in [6, 6.07) is 4.15. The number of thiophene rings is 1. The van der Waals surface area contributed by atoms with Crippen LogP contribution in [-0.4, -0.2) is 16.3 Å². The molecule has 0 spiro atoms. The molecule has 0 fully saturated rings. The number of aryl methyl sites for hydroxylation is 1. The third-order valence-corrected chi connectivity index (χ3v) is 5.19. The summed E-state index contributed by atoms with van der Waals surface area (Å²) < 4.78 is 3.16. The van der Waals surface area contributed by atoms with E-state index >= 15 is 0 Å². The fourth-order valence-corrected chi connectivity index (χ4v) is 3.70. The largest absolute Gasteiger partial charge is 0.382 e. The molecule has 0 unspecified atom stereocenters. The van der Waals surface area contributed by atoms with Gasteiger partial charge in [0.15, 0.2) is 0 Å². The number of aromatic nitrogens is 2. The number of hydrogen-bond acceptors (Lipinski definition) is 4. The minimum absolute atomic E-state index is 0.0873. The maximum atomic E-state index is 12.0. The molecule has 4 nitrogen and oxygen atoms in total. The summed E-state index contributed by atoms with van der Waals surface area (Å²) in [5.41, 5.74) is 0.661. The lowest BCUT2D eigenvalue weighted by Crippen LogP contribution is -2.24. The van der Waals surface area contributed by atoms with Gasteiger partial charge in [0.25, 0.3) is 5.56 Å². The van der Waals surface area contributed by atoms with Crippen molar-refractivity contribution in [2.45, 2.75) is 26.3 Å². The molecule has 0 saturated carbocycles. The first-order valence-electron chi connectivity index (χ1n) is 6.35. The van der Waals surface area contributed by atoms with Crippen LogP contribution >= 0.6 is 43.2 Å². The molecule has 20 heavy (non-hydrogen) atoms. The van der Waals surface area contributed by atoms with E-state index in [4.69, 9.17) is 0 Å². The lowest BCUT2D eigenvalue weighted by molar-refractivity contribution is 0.566. The van der Waals surface area contributed by atoms with Gasteiger partial charge in [0, 0.05) is 18.0 Å². The van der Waals surface area contributed by atoms with Crippen molar-refractivity contribution in [1.82, 2.24) is 9.78 Å². The van der Waals surface area contributed by atoms with E-state index in [1.54, 1.807) is 17.5 Å². The number of hydrogen-bond donors (Lipinski definition) is 1. The number of nitrogens with zero attached hydrogens (tertiary/aromatic N) is 2. The molecule has 7 heteroatoms. The van der Waals surface area contributed by atoms with Gasteiger partial charge in [-0.1, -0.05) is 6.92 Å². The third-order valence-electron chi connectivity index (χ3n) is 2.74. The summed E-state index contributed by atoms with van der Waals surface area (Å²) >= 11 is 8.52. The molecule has 0 atom stereocenters. The van der Waals surface area contributed by atoms with Gasteiger partial charge in [0.05, 0.1) is 15.7 Å². The van der Waals surface area contributed by atoms with Crippen LogP contribution in [0.15, 0.2) is 31.4 Å². The molecule has 0 aliphatic heterocycles. The highest BCUT2D eigenvalue weighted by atomic mass is 79.9. The summed E-state index contributed by atoms with van der Waals surface area (Å²) in [7, 11) is 0. The fourth-order valence-electron chi connectivity index (χ4n) is 1.77. The van der Waals surface area contributed by atoms with E-state index in [2.05, 4.69) is 48.3 Å². The summed E-state index contributed by atoms with van der Waals surface area (Å²) in [4.78, 5) is 13.3. The Labute approximate surface area is 138 Å². The van der Waals surface area contributed by atoms with Crippen LogP contribution in [0.5, 0.6) is 0 Å².